The van der Waals surface area contributed by atoms with E-state index in [1.165, 1.54) is 0 Å². The first-order valence-corrected chi connectivity index (χ1v) is 9.64. The number of nitrogens with zero attached hydrogens (tertiary/aromatic N) is 1. The van der Waals surface area contributed by atoms with Gasteiger partial charge in [-0.25, -0.2) is 0 Å². The van der Waals surface area contributed by atoms with Crippen LogP contribution in [0.3, 0.4) is 0 Å². The molecule has 1 aromatic heterocycles. The molecule has 0 atom stereocenters. The Bertz CT molecular complexity index is 1200. The molecule has 4 aromatic rings. The van der Waals surface area contributed by atoms with E-state index in [0.29, 0.717) is 27.1 Å². The second-order valence-corrected chi connectivity index (χ2v) is 7.22. The second kappa shape index (κ2) is 8.48. The lowest BCUT2D eigenvalue weighted by Crippen LogP contribution is -1.94. The van der Waals surface area contributed by atoms with Crippen LogP contribution in [0.25, 0.3) is 17.0 Å². The molecule has 3 aromatic carbocycles. The third kappa shape index (κ3) is 4.65. The number of ether oxygens (including phenoxy) is 1. The summed E-state index contributed by atoms with van der Waals surface area (Å²) < 4.78 is 5.98. The fourth-order valence-electron chi connectivity index (χ4n) is 2.84. The lowest BCUT2D eigenvalue weighted by atomic mass is 10.1. The third-order valence-corrected chi connectivity index (χ3v) is 4.82. The fraction of sp³-hybridized carbons (Fsp3) is 0. The Balaban J connectivity index is 1.49. The van der Waals surface area contributed by atoms with E-state index in [1.807, 2.05) is 18.2 Å². The average molecular weight is 420 g/mol. The van der Waals surface area contributed by atoms with E-state index in [9.17, 15) is 4.79 Å². The number of rotatable bonds is 5. The molecule has 0 aliphatic carbocycles. The van der Waals surface area contributed by atoms with Crippen LogP contribution >= 0.6 is 23.2 Å². The molecular formula is C24H15Cl2NO2. The van der Waals surface area contributed by atoms with Crippen LogP contribution in [-0.2, 0) is 0 Å². The van der Waals surface area contributed by atoms with Crippen LogP contribution in [0.4, 0.5) is 0 Å². The van der Waals surface area contributed by atoms with Gasteiger partial charge >= 0.3 is 0 Å². The van der Waals surface area contributed by atoms with Crippen molar-refractivity contribution in [3.05, 3.63) is 106 Å². The molecule has 0 N–H and O–H groups in total. The number of halogens is 2. The van der Waals surface area contributed by atoms with Gasteiger partial charge in [-0.15, -0.1) is 0 Å². The van der Waals surface area contributed by atoms with Crippen molar-refractivity contribution in [3.63, 3.8) is 0 Å². The van der Waals surface area contributed by atoms with E-state index in [1.54, 1.807) is 72.9 Å². The minimum absolute atomic E-state index is 0.0875. The summed E-state index contributed by atoms with van der Waals surface area (Å²) in [5.41, 5.74) is 2.25. The molecule has 0 spiro atoms. The summed E-state index contributed by atoms with van der Waals surface area (Å²) in [6.07, 6.45) is 4.98. The van der Waals surface area contributed by atoms with Crippen molar-refractivity contribution < 1.29 is 9.53 Å². The molecule has 0 saturated carbocycles. The molecule has 0 amide bonds. The molecule has 1 heterocycles. The Hall–Kier alpha value is -3.14. The van der Waals surface area contributed by atoms with Gasteiger partial charge in [0.15, 0.2) is 5.78 Å². The summed E-state index contributed by atoms with van der Waals surface area (Å²) in [4.78, 5) is 16.7. The lowest BCUT2D eigenvalue weighted by molar-refractivity contribution is 0.104. The van der Waals surface area contributed by atoms with Gasteiger partial charge in [-0.05, 0) is 72.3 Å². The Labute approximate surface area is 178 Å². The summed E-state index contributed by atoms with van der Waals surface area (Å²) >= 11 is 11.9. The topological polar surface area (TPSA) is 39.2 Å². The zero-order chi connectivity index (χ0) is 20.2. The Morgan fingerprint density at radius 2 is 1.59 bits per heavy atom. The van der Waals surface area contributed by atoms with Crippen molar-refractivity contribution in [2.24, 2.45) is 0 Å². The molecule has 0 saturated heterocycles. The number of hydrogen-bond donors (Lipinski definition) is 0. The van der Waals surface area contributed by atoms with Crippen molar-refractivity contribution >= 4 is 46.0 Å². The maximum atomic E-state index is 12.4. The normalized spacial score (nSPS) is 11.1. The Morgan fingerprint density at radius 3 is 2.34 bits per heavy atom. The van der Waals surface area contributed by atoms with Gasteiger partial charge in [0.1, 0.15) is 11.5 Å². The van der Waals surface area contributed by atoms with Crippen LogP contribution in [0.15, 0.2) is 85.1 Å². The quantitative estimate of drug-likeness (QED) is 0.253. The molecule has 0 aliphatic rings. The lowest BCUT2D eigenvalue weighted by Gasteiger charge is -2.09. The predicted octanol–water partition coefficient (Wildman–Crippen LogP) is 7.23. The maximum Gasteiger partial charge on any atom is 0.185 e. The second-order valence-electron chi connectivity index (χ2n) is 6.35. The highest BCUT2D eigenvalue weighted by Crippen LogP contribution is 2.30. The molecule has 29 heavy (non-hydrogen) atoms. The van der Waals surface area contributed by atoms with E-state index < -0.39 is 0 Å². The van der Waals surface area contributed by atoms with Crippen molar-refractivity contribution in [1.82, 2.24) is 4.98 Å². The average Bonchev–Trinajstić information content (AvgIpc) is 2.73. The monoisotopic (exact) mass is 419 g/mol. The van der Waals surface area contributed by atoms with Gasteiger partial charge < -0.3 is 4.74 Å². The van der Waals surface area contributed by atoms with Gasteiger partial charge in [-0.1, -0.05) is 41.4 Å². The van der Waals surface area contributed by atoms with E-state index >= 15 is 0 Å². The standard InChI is InChI=1S/C24H15Cl2NO2/c25-18-6-1-16(2-7-18)3-12-23(28)17-4-9-20(10-5-17)29-24-13-14-27-22-15-19(26)8-11-21(22)24/h1-15H/b12-3+. The van der Waals surface area contributed by atoms with Gasteiger partial charge in [0, 0.05) is 27.2 Å². The summed E-state index contributed by atoms with van der Waals surface area (Å²) in [7, 11) is 0. The number of allylic oxidation sites excluding steroid dienone is 1. The van der Waals surface area contributed by atoms with Gasteiger partial charge in [-0.3, -0.25) is 9.78 Å². The van der Waals surface area contributed by atoms with Crippen LogP contribution in [0, 0.1) is 0 Å². The summed E-state index contributed by atoms with van der Waals surface area (Å²) in [5.74, 6) is 1.22. The molecule has 4 rings (SSSR count). The Morgan fingerprint density at radius 1 is 0.862 bits per heavy atom. The summed E-state index contributed by atoms with van der Waals surface area (Å²) in [6, 6.07) is 21.6. The zero-order valence-corrected chi connectivity index (χ0v) is 16.7. The number of carbonyl (C=O) groups is 1. The number of ketones is 1. The number of fused-ring (bicyclic) bond motifs is 1. The zero-order valence-electron chi connectivity index (χ0n) is 15.2. The molecule has 0 unspecified atom stereocenters. The summed E-state index contributed by atoms with van der Waals surface area (Å²) in [6.45, 7) is 0. The molecular weight excluding hydrogens is 405 g/mol. The largest absolute Gasteiger partial charge is 0.457 e. The van der Waals surface area contributed by atoms with Crippen molar-refractivity contribution in [2.45, 2.75) is 0 Å². The van der Waals surface area contributed by atoms with Crippen molar-refractivity contribution in [2.75, 3.05) is 0 Å². The van der Waals surface area contributed by atoms with Crippen LogP contribution < -0.4 is 4.74 Å². The van der Waals surface area contributed by atoms with Crippen molar-refractivity contribution in [3.8, 4) is 11.5 Å². The first-order valence-electron chi connectivity index (χ1n) is 8.89. The van der Waals surface area contributed by atoms with Gasteiger partial charge in [0.25, 0.3) is 0 Å². The highest BCUT2D eigenvalue weighted by molar-refractivity contribution is 6.31. The molecule has 5 heteroatoms. The minimum Gasteiger partial charge on any atom is -0.457 e. The van der Waals surface area contributed by atoms with Crippen molar-refractivity contribution in [1.29, 1.82) is 0 Å². The van der Waals surface area contributed by atoms with E-state index in [4.69, 9.17) is 27.9 Å². The highest BCUT2D eigenvalue weighted by Gasteiger charge is 2.07. The molecule has 142 valence electrons. The smallest absolute Gasteiger partial charge is 0.185 e. The van der Waals surface area contributed by atoms with Gasteiger partial charge in [0.2, 0.25) is 0 Å². The van der Waals surface area contributed by atoms with Crippen LogP contribution in [0.2, 0.25) is 10.0 Å². The number of hydrogen-bond acceptors (Lipinski definition) is 3. The first-order chi connectivity index (χ1) is 14.1. The number of aromatic nitrogens is 1. The van der Waals surface area contributed by atoms with E-state index in [-0.39, 0.29) is 5.78 Å². The fourth-order valence-corrected chi connectivity index (χ4v) is 3.13. The molecule has 0 bridgehead atoms. The molecule has 0 fully saturated rings. The summed E-state index contributed by atoms with van der Waals surface area (Å²) in [5, 5.41) is 2.15. The number of pyridine rings is 1. The molecule has 3 nitrogen and oxygen atoms in total. The molecule has 0 aliphatic heterocycles. The molecule has 0 radical (unpaired) electrons. The maximum absolute atomic E-state index is 12.4. The van der Waals surface area contributed by atoms with Crippen LogP contribution in [-0.4, -0.2) is 10.8 Å². The minimum atomic E-state index is -0.0875. The highest BCUT2D eigenvalue weighted by atomic mass is 35.5. The van der Waals surface area contributed by atoms with Gasteiger partial charge in [0.05, 0.1) is 5.52 Å². The number of benzene rings is 3. The SMILES string of the molecule is O=C(/C=C/c1ccc(Cl)cc1)c1ccc(Oc2ccnc3cc(Cl)ccc23)cc1. The predicted molar refractivity (Wildman–Crippen MR) is 118 cm³/mol. The Kier molecular flexibility index (Phi) is 5.61. The third-order valence-electron chi connectivity index (χ3n) is 4.33. The first kappa shape index (κ1) is 19.2. The van der Waals surface area contributed by atoms with Gasteiger partial charge in [-0.2, -0.15) is 0 Å². The van der Waals surface area contributed by atoms with E-state index in [0.717, 1.165) is 16.5 Å². The van der Waals surface area contributed by atoms with Crippen LogP contribution in [0.1, 0.15) is 15.9 Å². The van der Waals surface area contributed by atoms with E-state index in [2.05, 4.69) is 4.98 Å². The number of carbonyl (C=O) groups excluding carboxylic acids is 1. The van der Waals surface area contributed by atoms with Crippen LogP contribution in [0.5, 0.6) is 11.5 Å².